The van der Waals surface area contributed by atoms with Crippen LogP contribution in [-0.2, 0) is 4.79 Å². The van der Waals surface area contributed by atoms with Gasteiger partial charge in [-0.3, -0.25) is 14.9 Å². The number of methoxy groups -OCH3 is 1. The fourth-order valence-electron chi connectivity index (χ4n) is 2.10. The quantitative estimate of drug-likeness (QED) is 0.452. The molecule has 25 heavy (non-hydrogen) atoms. The number of nitrogens with one attached hydrogen (secondary N) is 1. The van der Waals surface area contributed by atoms with Crippen molar-refractivity contribution in [3.8, 4) is 5.75 Å². The van der Waals surface area contributed by atoms with Crippen molar-refractivity contribution in [3.05, 3.63) is 34.2 Å². The standard InChI is InChI=1S/C15H16N4O5S/c1-8(25-15-18-17-14(24-15)9-3-4-9)13(20)16-11-6-5-10(23-2)7-12(11)19(21)22/h5-9H,3-4H2,1-2H3,(H,16,20)/t8-/m0/s1. The molecule has 132 valence electrons. The molecule has 1 aliphatic carbocycles. The van der Waals surface area contributed by atoms with Gasteiger partial charge < -0.3 is 14.5 Å². The topological polar surface area (TPSA) is 120 Å². The SMILES string of the molecule is COc1ccc(NC(=O)[C@H](C)Sc2nnc(C3CC3)o2)c([N+](=O)[O-])c1. The molecule has 1 aliphatic rings. The van der Waals surface area contributed by atoms with Crippen molar-refractivity contribution >= 4 is 29.0 Å². The van der Waals surface area contributed by atoms with Gasteiger partial charge in [-0.25, -0.2) is 0 Å². The number of hydrogen-bond donors (Lipinski definition) is 1. The van der Waals surface area contributed by atoms with Gasteiger partial charge in [-0.05, 0) is 31.9 Å². The molecule has 0 aliphatic heterocycles. The first-order chi connectivity index (χ1) is 12.0. The number of carbonyl (C=O) groups is 1. The minimum absolute atomic E-state index is 0.104. The van der Waals surface area contributed by atoms with Crippen molar-refractivity contribution < 1.29 is 18.9 Å². The van der Waals surface area contributed by atoms with E-state index in [1.807, 2.05) is 0 Å². The lowest BCUT2D eigenvalue weighted by molar-refractivity contribution is -0.384. The molecule has 0 saturated heterocycles. The zero-order valence-electron chi connectivity index (χ0n) is 13.6. The van der Waals surface area contributed by atoms with Gasteiger partial charge in [-0.2, -0.15) is 0 Å². The number of nitrogens with zero attached hydrogens (tertiary/aromatic N) is 3. The van der Waals surface area contributed by atoms with Crippen LogP contribution in [0.1, 0.15) is 31.6 Å². The zero-order valence-corrected chi connectivity index (χ0v) is 14.4. The van der Waals surface area contributed by atoms with E-state index in [2.05, 4.69) is 15.5 Å². The van der Waals surface area contributed by atoms with E-state index in [4.69, 9.17) is 9.15 Å². The van der Waals surface area contributed by atoms with Crippen LogP contribution in [0.25, 0.3) is 0 Å². The molecule has 2 aromatic rings. The van der Waals surface area contributed by atoms with E-state index in [1.165, 1.54) is 19.2 Å². The summed E-state index contributed by atoms with van der Waals surface area (Å²) in [5, 5.41) is 21.4. The highest BCUT2D eigenvalue weighted by Gasteiger charge is 2.30. The molecule has 0 radical (unpaired) electrons. The highest BCUT2D eigenvalue weighted by atomic mass is 32.2. The third-order valence-corrected chi connectivity index (χ3v) is 4.59. The Hall–Kier alpha value is -2.62. The predicted molar refractivity (Wildman–Crippen MR) is 89.9 cm³/mol. The van der Waals surface area contributed by atoms with Crippen LogP contribution in [0.4, 0.5) is 11.4 Å². The molecule has 9 nitrogen and oxygen atoms in total. The van der Waals surface area contributed by atoms with Crippen molar-refractivity contribution in [3.63, 3.8) is 0 Å². The third-order valence-electron chi connectivity index (χ3n) is 3.65. The van der Waals surface area contributed by atoms with Crippen LogP contribution >= 0.6 is 11.8 Å². The second-order valence-electron chi connectivity index (χ2n) is 5.57. The van der Waals surface area contributed by atoms with Gasteiger partial charge in [-0.1, -0.05) is 11.8 Å². The molecular formula is C15H16N4O5S. The van der Waals surface area contributed by atoms with Gasteiger partial charge in [0, 0.05) is 5.92 Å². The molecule has 0 bridgehead atoms. The summed E-state index contributed by atoms with van der Waals surface area (Å²) in [6.45, 7) is 1.66. The minimum atomic E-state index is -0.574. The molecule has 1 aromatic carbocycles. The maximum atomic E-state index is 12.3. The molecule has 1 fully saturated rings. The Morgan fingerprint density at radius 1 is 1.48 bits per heavy atom. The molecule has 1 heterocycles. The van der Waals surface area contributed by atoms with Crippen LogP contribution in [-0.4, -0.2) is 33.4 Å². The van der Waals surface area contributed by atoms with E-state index in [9.17, 15) is 14.9 Å². The summed E-state index contributed by atoms with van der Waals surface area (Å²) in [5.41, 5.74) is -0.133. The predicted octanol–water partition coefficient (Wildman–Crippen LogP) is 2.98. The Balaban J connectivity index is 1.67. The number of nitro benzene ring substituents is 1. The molecule has 1 atom stereocenters. The van der Waals surface area contributed by atoms with Crippen LogP contribution in [0.15, 0.2) is 27.8 Å². The molecule has 1 saturated carbocycles. The second-order valence-corrected chi connectivity index (χ2v) is 6.86. The van der Waals surface area contributed by atoms with Gasteiger partial charge in [0.1, 0.15) is 11.4 Å². The molecule has 3 rings (SSSR count). The van der Waals surface area contributed by atoms with Crippen LogP contribution < -0.4 is 10.1 Å². The maximum Gasteiger partial charge on any atom is 0.296 e. The molecule has 1 aromatic heterocycles. The lowest BCUT2D eigenvalue weighted by atomic mass is 10.2. The number of nitro groups is 1. The summed E-state index contributed by atoms with van der Waals surface area (Å²) in [5.74, 6) is 0.879. The largest absolute Gasteiger partial charge is 0.496 e. The first-order valence-corrected chi connectivity index (χ1v) is 8.49. The van der Waals surface area contributed by atoms with Gasteiger partial charge in [0.15, 0.2) is 0 Å². The average molecular weight is 364 g/mol. The van der Waals surface area contributed by atoms with Gasteiger partial charge in [0.2, 0.25) is 11.8 Å². The van der Waals surface area contributed by atoms with Crippen molar-refractivity contribution in [1.29, 1.82) is 0 Å². The van der Waals surface area contributed by atoms with Crippen molar-refractivity contribution in [2.45, 2.75) is 36.2 Å². The Morgan fingerprint density at radius 2 is 2.24 bits per heavy atom. The van der Waals surface area contributed by atoms with Crippen LogP contribution in [0.2, 0.25) is 0 Å². The third kappa shape index (κ3) is 4.08. The van der Waals surface area contributed by atoms with E-state index in [1.54, 1.807) is 13.0 Å². The summed E-state index contributed by atoms with van der Waals surface area (Å²) in [6, 6.07) is 4.23. The zero-order chi connectivity index (χ0) is 18.0. The summed E-state index contributed by atoms with van der Waals surface area (Å²) in [4.78, 5) is 22.9. The Morgan fingerprint density at radius 3 is 2.88 bits per heavy atom. The highest BCUT2D eigenvalue weighted by Crippen LogP contribution is 2.40. The number of hydrogen-bond acceptors (Lipinski definition) is 8. The Bertz CT molecular complexity index is 805. The number of ether oxygens (including phenoxy) is 1. The number of amides is 1. The fourth-order valence-corrected chi connectivity index (χ4v) is 2.79. The number of benzene rings is 1. The van der Waals surface area contributed by atoms with E-state index >= 15 is 0 Å². The number of anilines is 1. The summed E-state index contributed by atoms with van der Waals surface area (Å²) < 4.78 is 10.5. The second kappa shape index (κ2) is 7.09. The molecule has 1 amide bonds. The lowest BCUT2D eigenvalue weighted by Gasteiger charge is -2.11. The first-order valence-electron chi connectivity index (χ1n) is 7.61. The minimum Gasteiger partial charge on any atom is -0.496 e. The first kappa shape index (κ1) is 17.2. The van der Waals surface area contributed by atoms with Gasteiger partial charge in [0.25, 0.3) is 10.9 Å². The molecule has 0 unspecified atom stereocenters. The normalized spacial score (nSPS) is 14.8. The number of thioether (sulfide) groups is 1. The van der Waals surface area contributed by atoms with Gasteiger partial charge >= 0.3 is 0 Å². The number of aromatic nitrogens is 2. The van der Waals surface area contributed by atoms with Crippen molar-refractivity contribution in [1.82, 2.24) is 10.2 Å². The molecule has 10 heteroatoms. The maximum absolute atomic E-state index is 12.3. The highest BCUT2D eigenvalue weighted by molar-refractivity contribution is 8.00. The van der Waals surface area contributed by atoms with Crippen molar-refractivity contribution in [2.75, 3.05) is 12.4 Å². The van der Waals surface area contributed by atoms with Crippen LogP contribution in [0.3, 0.4) is 0 Å². The van der Waals surface area contributed by atoms with Crippen LogP contribution in [0, 0.1) is 10.1 Å². The summed E-state index contributed by atoms with van der Waals surface area (Å²) in [6.07, 6.45) is 2.09. The van der Waals surface area contributed by atoms with E-state index in [-0.39, 0.29) is 11.4 Å². The van der Waals surface area contributed by atoms with E-state index in [0.29, 0.717) is 22.8 Å². The smallest absolute Gasteiger partial charge is 0.296 e. The fraction of sp³-hybridized carbons (Fsp3) is 0.400. The summed E-state index contributed by atoms with van der Waals surface area (Å²) in [7, 11) is 1.41. The number of carbonyl (C=O) groups excluding carboxylic acids is 1. The van der Waals surface area contributed by atoms with Crippen molar-refractivity contribution in [2.24, 2.45) is 0 Å². The summed E-state index contributed by atoms with van der Waals surface area (Å²) >= 11 is 1.11. The Kier molecular flexibility index (Phi) is 4.88. The molecule has 0 spiro atoms. The van der Waals surface area contributed by atoms with E-state index in [0.717, 1.165) is 24.6 Å². The average Bonchev–Trinajstić information content (AvgIpc) is 3.34. The van der Waals surface area contributed by atoms with Crippen LogP contribution in [0.5, 0.6) is 5.75 Å². The molecule has 1 N–H and O–H groups in total. The van der Waals surface area contributed by atoms with Gasteiger partial charge in [-0.15, -0.1) is 10.2 Å². The Labute approximate surface area is 147 Å². The van der Waals surface area contributed by atoms with Gasteiger partial charge in [0.05, 0.1) is 23.3 Å². The molecular weight excluding hydrogens is 348 g/mol. The monoisotopic (exact) mass is 364 g/mol. The number of rotatable bonds is 7. The lowest BCUT2D eigenvalue weighted by Crippen LogP contribution is -2.22. The van der Waals surface area contributed by atoms with E-state index < -0.39 is 16.1 Å².